The van der Waals surface area contributed by atoms with Gasteiger partial charge in [-0.25, -0.2) is 4.98 Å². The number of amides is 2. The van der Waals surface area contributed by atoms with E-state index in [4.69, 9.17) is 5.11 Å². The number of aromatic nitrogens is 1. The molecule has 2 amide bonds. The van der Waals surface area contributed by atoms with Gasteiger partial charge in [0.25, 0.3) is 0 Å². The number of aliphatic hydroxyl groups excluding tert-OH is 1. The van der Waals surface area contributed by atoms with Crippen molar-refractivity contribution in [3.8, 4) is 10.4 Å². The third-order valence-electron chi connectivity index (χ3n) is 7.07. The second kappa shape index (κ2) is 14.0. The van der Waals surface area contributed by atoms with Crippen molar-refractivity contribution in [1.29, 1.82) is 0 Å². The molecule has 1 aromatic heterocycles. The van der Waals surface area contributed by atoms with Crippen LogP contribution in [0.5, 0.6) is 0 Å². The average Bonchev–Trinajstić information content (AvgIpc) is 3.48. The maximum atomic E-state index is 13.6. The number of hydrogen-bond donors (Lipinski definition) is 4. The number of aliphatic hydroxyl groups is 1. The Kier molecular flexibility index (Phi) is 11.0. The van der Waals surface area contributed by atoms with Crippen LogP contribution < -0.4 is 10.6 Å². The molecule has 4 N–H and O–H groups in total. The van der Waals surface area contributed by atoms with Gasteiger partial charge in [0.1, 0.15) is 6.04 Å². The molecule has 2 aromatic rings. The summed E-state index contributed by atoms with van der Waals surface area (Å²) in [5.41, 5.74) is 4.45. The van der Waals surface area contributed by atoms with Crippen LogP contribution in [0.3, 0.4) is 0 Å². The summed E-state index contributed by atoms with van der Waals surface area (Å²) < 4.78 is 0. The van der Waals surface area contributed by atoms with Gasteiger partial charge in [0, 0.05) is 25.9 Å². The number of nitrogens with zero attached hydrogens (tertiary/aromatic N) is 2. The minimum Gasteiger partial charge on any atom is -0.481 e. The van der Waals surface area contributed by atoms with Crippen LogP contribution >= 0.6 is 11.3 Å². The second-order valence-corrected chi connectivity index (χ2v) is 12.2. The molecule has 3 rings (SSSR count). The van der Waals surface area contributed by atoms with E-state index in [9.17, 15) is 19.5 Å². The van der Waals surface area contributed by atoms with Crippen molar-refractivity contribution in [3.05, 3.63) is 41.0 Å². The summed E-state index contributed by atoms with van der Waals surface area (Å²) in [6.07, 6.45) is 2.82. The van der Waals surface area contributed by atoms with Crippen molar-refractivity contribution in [2.75, 3.05) is 13.1 Å². The number of hydrogen-bond acceptors (Lipinski definition) is 7. The minimum atomic E-state index is -0.780. The van der Waals surface area contributed by atoms with Crippen LogP contribution in [-0.4, -0.2) is 69.2 Å². The number of carbonyl (C=O) groups excluding carboxylic acids is 2. The largest absolute Gasteiger partial charge is 0.481 e. The zero-order valence-corrected chi connectivity index (χ0v) is 24.2. The maximum absolute atomic E-state index is 13.6. The van der Waals surface area contributed by atoms with E-state index in [0.29, 0.717) is 19.5 Å². The SMILES string of the molecule is Cc1ncsc1-c1ccc(CNC(=O)[C@@H]2C[C@@H](O)CN2C(=O)[C@@H](NCCCCCCC(=O)O)C(C)(C)C)cc1. The molecule has 0 radical (unpaired) electrons. The molecular formula is C29H42N4O5S. The van der Waals surface area contributed by atoms with Crippen LogP contribution in [0.15, 0.2) is 29.8 Å². The smallest absolute Gasteiger partial charge is 0.303 e. The summed E-state index contributed by atoms with van der Waals surface area (Å²) in [7, 11) is 0. The van der Waals surface area contributed by atoms with Crippen molar-refractivity contribution in [3.63, 3.8) is 0 Å². The van der Waals surface area contributed by atoms with Gasteiger partial charge in [-0.2, -0.15) is 0 Å². The normalized spacial score (nSPS) is 18.2. The molecule has 3 atom stereocenters. The Morgan fingerprint density at radius 1 is 1.13 bits per heavy atom. The van der Waals surface area contributed by atoms with Crippen LogP contribution in [-0.2, 0) is 20.9 Å². The number of carbonyl (C=O) groups is 3. The van der Waals surface area contributed by atoms with Crippen LogP contribution in [0.1, 0.15) is 70.6 Å². The maximum Gasteiger partial charge on any atom is 0.303 e. The van der Waals surface area contributed by atoms with Crippen LogP contribution in [0.2, 0.25) is 0 Å². The lowest BCUT2D eigenvalue weighted by molar-refractivity contribution is -0.142. The molecule has 1 aliphatic heterocycles. The molecule has 1 fully saturated rings. The lowest BCUT2D eigenvalue weighted by Gasteiger charge is -2.35. The van der Waals surface area contributed by atoms with E-state index in [-0.39, 0.29) is 31.2 Å². The van der Waals surface area contributed by atoms with Gasteiger partial charge in [-0.3, -0.25) is 14.4 Å². The van der Waals surface area contributed by atoms with E-state index < -0.39 is 29.6 Å². The van der Waals surface area contributed by atoms with Gasteiger partial charge in [0.05, 0.1) is 28.2 Å². The fourth-order valence-corrected chi connectivity index (χ4v) is 5.71. The molecule has 9 nitrogen and oxygen atoms in total. The Balaban J connectivity index is 1.56. The molecule has 0 unspecified atom stereocenters. The standard InChI is InChI=1S/C29H42N4O5S/c1-19-25(39-18-32-19)21-12-10-20(11-13-21)16-31-27(37)23-15-22(34)17-33(23)28(38)26(29(2,3)4)30-14-8-6-5-7-9-24(35)36/h10-13,18,22-23,26,30,34H,5-9,14-17H2,1-4H3,(H,31,37)(H,35,36)/t22-,23+,26-/m1/s1. The van der Waals surface area contributed by atoms with Crippen molar-refractivity contribution in [2.45, 2.75) is 91.0 Å². The average molecular weight is 559 g/mol. The summed E-state index contributed by atoms with van der Waals surface area (Å²) in [6.45, 7) is 9.00. The van der Waals surface area contributed by atoms with Gasteiger partial charge in [0.15, 0.2) is 0 Å². The lowest BCUT2D eigenvalue weighted by atomic mass is 9.85. The van der Waals surface area contributed by atoms with Crippen molar-refractivity contribution >= 4 is 29.1 Å². The Bertz CT molecular complexity index is 1110. The van der Waals surface area contributed by atoms with Gasteiger partial charge in [-0.05, 0) is 42.9 Å². The van der Waals surface area contributed by atoms with Crippen molar-refractivity contribution in [1.82, 2.24) is 20.5 Å². The zero-order valence-electron chi connectivity index (χ0n) is 23.4. The molecule has 1 aliphatic rings. The third kappa shape index (κ3) is 8.84. The minimum absolute atomic E-state index is 0.128. The predicted molar refractivity (Wildman–Crippen MR) is 152 cm³/mol. The Labute approximate surface area is 235 Å². The number of likely N-dealkylation sites (tertiary alicyclic amines) is 1. The topological polar surface area (TPSA) is 132 Å². The van der Waals surface area contributed by atoms with E-state index in [1.165, 1.54) is 4.90 Å². The van der Waals surface area contributed by atoms with E-state index in [0.717, 1.165) is 41.0 Å². The summed E-state index contributed by atoms with van der Waals surface area (Å²) in [5, 5.41) is 25.5. The number of β-amino-alcohol motifs (C(OH)–C–C–N with tert-alkyl or cyclic N) is 1. The first kappa shape index (κ1) is 30.7. The zero-order chi connectivity index (χ0) is 28.6. The van der Waals surface area contributed by atoms with Gasteiger partial charge in [-0.15, -0.1) is 11.3 Å². The fourth-order valence-electron chi connectivity index (χ4n) is 4.90. The molecule has 1 aromatic carbocycles. The van der Waals surface area contributed by atoms with Gasteiger partial charge < -0.3 is 25.7 Å². The highest BCUT2D eigenvalue weighted by molar-refractivity contribution is 7.13. The molecule has 2 heterocycles. The molecule has 0 saturated carbocycles. The number of rotatable bonds is 13. The van der Waals surface area contributed by atoms with E-state index >= 15 is 0 Å². The lowest BCUT2D eigenvalue weighted by Crippen LogP contribution is -2.56. The number of thiazole rings is 1. The number of carboxylic acid groups (broad SMARTS) is 1. The van der Waals surface area contributed by atoms with Crippen LogP contribution in [0, 0.1) is 12.3 Å². The quantitative estimate of drug-likeness (QED) is 0.276. The molecule has 39 heavy (non-hydrogen) atoms. The first-order valence-electron chi connectivity index (χ1n) is 13.7. The number of aliphatic carboxylic acids is 1. The number of unbranched alkanes of at least 4 members (excludes halogenated alkanes) is 3. The molecule has 10 heteroatoms. The summed E-state index contributed by atoms with van der Waals surface area (Å²) in [5.74, 6) is -1.24. The molecule has 0 aliphatic carbocycles. The number of aryl methyl sites for hydroxylation is 1. The number of benzene rings is 1. The molecule has 0 bridgehead atoms. The van der Waals surface area contributed by atoms with Crippen molar-refractivity contribution < 1.29 is 24.6 Å². The molecular weight excluding hydrogens is 516 g/mol. The van der Waals surface area contributed by atoms with Crippen molar-refractivity contribution in [2.24, 2.45) is 5.41 Å². The number of nitrogens with one attached hydrogen (secondary N) is 2. The summed E-state index contributed by atoms with van der Waals surface area (Å²) in [6, 6.07) is 6.74. The van der Waals surface area contributed by atoms with Crippen LogP contribution in [0.25, 0.3) is 10.4 Å². The fraction of sp³-hybridized carbons (Fsp3) is 0.586. The van der Waals surface area contributed by atoms with Gasteiger partial charge in [0.2, 0.25) is 11.8 Å². The molecule has 0 spiro atoms. The highest BCUT2D eigenvalue weighted by Crippen LogP contribution is 2.28. The summed E-state index contributed by atoms with van der Waals surface area (Å²) in [4.78, 5) is 44.4. The van der Waals surface area contributed by atoms with E-state index in [1.54, 1.807) is 11.3 Å². The predicted octanol–water partition coefficient (Wildman–Crippen LogP) is 3.74. The van der Waals surface area contributed by atoms with Gasteiger partial charge >= 0.3 is 5.97 Å². The molecule has 214 valence electrons. The first-order valence-corrected chi connectivity index (χ1v) is 14.6. The second-order valence-electron chi connectivity index (χ2n) is 11.4. The Morgan fingerprint density at radius 3 is 2.44 bits per heavy atom. The van der Waals surface area contributed by atoms with Gasteiger partial charge in [-0.1, -0.05) is 57.9 Å². The first-order chi connectivity index (χ1) is 18.5. The monoisotopic (exact) mass is 558 g/mol. The van der Waals surface area contributed by atoms with Crippen LogP contribution in [0.4, 0.5) is 0 Å². The van der Waals surface area contributed by atoms with E-state index in [2.05, 4.69) is 15.6 Å². The highest BCUT2D eigenvalue weighted by Gasteiger charge is 2.43. The molecule has 1 saturated heterocycles. The Morgan fingerprint density at radius 2 is 1.82 bits per heavy atom. The van der Waals surface area contributed by atoms with E-state index in [1.807, 2.05) is 57.5 Å². The summed E-state index contributed by atoms with van der Waals surface area (Å²) >= 11 is 1.59. The Hall–Kier alpha value is -2.82. The third-order valence-corrected chi connectivity index (χ3v) is 8.05. The number of carboxylic acids is 1. The highest BCUT2D eigenvalue weighted by atomic mass is 32.1.